The lowest BCUT2D eigenvalue weighted by atomic mass is 10.1. The third-order valence-corrected chi connectivity index (χ3v) is 4.80. The molecule has 0 aromatic heterocycles. The molecule has 0 aliphatic carbocycles. The molecule has 0 bridgehead atoms. The van der Waals surface area contributed by atoms with Crippen molar-refractivity contribution in [3.8, 4) is 0 Å². The fourth-order valence-electron chi connectivity index (χ4n) is 1.00. The van der Waals surface area contributed by atoms with Crippen LogP contribution in [0, 0.1) is 5.92 Å². The van der Waals surface area contributed by atoms with Crippen molar-refractivity contribution in [2.75, 3.05) is 26.4 Å². The van der Waals surface area contributed by atoms with Crippen molar-refractivity contribution in [1.29, 1.82) is 0 Å². The molecule has 6 heteroatoms. The number of rotatable bonds is 6. The number of carbonyl (C=O) groups excluding carboxylic acids is 1. The first kappa shape index (κ1) is 15.4. The fraction of sp³-hybridized carbons (Fsp3) is 0.900. The Bertz CT molecular complexity index is 336. The second kappa shape index (κ2) is 5.63. The van der Waals surface area contributed by atoms with Gasteiger partial charge >= 0.3 is 0 Å². The summed E-state index contributed by atoms with van der Waals surface area (Å²) < 4.78 is 21.9. The minimum atomic E-state index is -3.17. The van der Waals surface area contributed by atoms with Gasteiger partial charge in [-0.05, 0) is 20.9 Å². The van der Waals surface area contributed by atoms with Gasteiger partial charge in [0.1, 0.15) is 0 Å². The zero-order valence-corrected chi connectivity index (χ0v) is 11.4. The van der Waals surface area contributed by atoms with E-state index in [1.165, 1.54) is 6.26 Å². The lowest BCUT2D eigenvalue weighted by Crippen LogP contribution is -2.46. The molecule has 1 unspecified atom stereocenters. The second-order valence-corrected chi connectivity index (χ2v) is 7.36. The molecular weight excluding hydrogens is 228 g/mol. The highest BCUT2D eigenvalue weighted by molar-refractivity contribution is 7.92. The highest BCUT2D eigenvalue weighted by atomic mass is 32.2. The van der Waals surface area contributed by atoms with Crippen LogP contribution in [0.25, 0.3) is 0 Å². The van der Waals surface area contributed by atoms with E-state index in [2.05, 4.69) is 10.6 Å². The summed E-state index contributed by atoms with van der Waals surface area (Å²) >= 11 is 0. The van der Waals surface area contributed by atoms with Crippen molar-refractivity contribution in [1.82, 2.24) is 10.6 Å². The van der Waals surface area contributed by atoms with Crippen molar-refractivity contribution in [2.24, 2.45) is 5.92 Å². The van der Waals surface area contributed by atoms with Gasteiger partial charge < -0.3 is 10.6 Å². The summed E-state index contributed by atoms with van der Waals surface area (Å²) in [5.41, 5.74) is 0. The molecule has 0 radical (unpaired) electrons. The van der Waals surface area contributed by atoms with Crippen LogP contribution in [0.1, 0.15) is 20.8 Å². The first-order valence-corrected chi connectivity index (χ1v) is 7.13. The molecule has 0 heterocycles. The summed E-state index contributed by atoms with van der Waals surface area (Å²) in [6, 6.07) is 0. The zero-order chi connectivity index (χ0) is 13.0. The van der Waals surface area contributed by atoms with E-state index in [9.17, 15) is 13.2 Å². The van der Waals surface area contributed by atoms with Gasteiger partial charge in [0.15, 0.2) is 9.84 Å². The van der Waals surface area contributed by atoms with Gasteiger partial charge in [0.05, 0.1) is 4.75 Å². The molecular formula is C10H22N2O3S. The van der Waals surface area contributed by atoms with Gasteiger partial charge in [-0.2, -0.15) is 0 Å². The maximum absolute atomic E-state index is 11.6. The molecule has 2 N–H and O–H groups in total. The second-order valence-electron chi connectivity index (χ2n) is 4.71. The predicted molar refractivity (Wildman–Crippen MR) is 65.0 cm³/mol. The first-order valence-electron chi connectivity index (χ1n) is 5.23. The van der Waals surface area contributed by atoms with Crippen molar-refractivity contribution < 1.29 is 13.2 Å². The molecule has 1 atom stereocenters. The van der Waals surface area contributed by atoms with Crippen LogP contribution in [0.4, 0.5) is 0 Å². The van der Waals surface area contributed by atoms with E-state index in [0.717, 1.165) is 0 Å². The van der Waals surface area contributed by atoms with Crippen LogP contribution in [0.15, 0.2) is 0 Å². The van der Waals surface area contributed by atoms with Crippen LogP contribution in [0.3, 0.4) is 0 Å². The third kappa shape index (κ3) is 4.49. The van der Waals surface area contributed by atoms with Gasteiger partial charge in [-0.3, -0.25) is 4.79 Å². The molecule has 1 amide bonds. The normalized spacial score (nSPS) is 14.6. The number of hydrogen-bond donors (Lipinski definition) is 2. The van der Waals surface area contributed by atoms with E-state index in [1.807, 2.05) is 0 Å². The van der Waals surface area contributed by atoms with Crippen molar-refractivity contribution in [2.45, 2.75) is 25.5 Å². The summed E-state index contributed by atoms with van der Waals surface area (Å²) in [7, 11) is -1.40. The zero-order valence-electron chi connectivity index (χ0n) is 10.6. The number of hydrogen-bond acceptors (Lipinski definition) is 4. The van der Waals surface area contributed by atoms with Crippen LogP contribution >= 0.6 is 0 Å². The van der Waals surface area contributed by atoms with Crippen molar-refractivity contribution in [3.63, 3.8) is 0 Å². The Hall–Kier alpha value is -0.620. The number of nitrogens with one attached hydrogen (secondary N) is 2. The number of carbonyl (C=O) groups is 1. The van der Waals surface area contributed by atoms with Gasteiger partial charge in [0, 0.05) is 25.3 Å². The summed E-state index contributed by atoms with van der Waals surface area (Å²) in [5.74, 6) is -0.300. The molecule has 5 nitrogen and oxygen atoms in total. The summed E-state index contributed by atoms with van der Waals surface area (Å²) in [6.07, 6.45) is 1.18. The maximum atomic E-state index is 11.6. The highest BCUT2D eigenvalue weighted by Gasteiger charge is 2.30. The molecule has 0 fully saturated rings. The van der Waals surface area contributed by atoms with Gasteiger partial charge in [-0.25, -0.2) is 8.42 Å². The number of amides is 1. The van der Waals surface area contributed by atoms with E-state index in [1.54, 1.807) is 27.8 Å². The van der Waals surface area contributed by atoms with Crippen LogP contribution in [0.2, 0.25) is 0 Å². The molecule has 0 aliphatic rings. The Morgan fingerprint density at radius 2 is 1.88 bits per heavy atom. The molecule has 96 valence electrons. The van der Waals surface area contributed by atoms with Crippen molar-refractivity contribution >= 4 is 15.7 Å². The van der Waals surface area contributed by atoms with Crippen LogP contribution in [0.5, 0.6) is 0 Å². The number of sulfone groups is 1. The average molecular weight is 250 g/mol. The Kier molecular flexibility index (Phi) is 5.41. The molecule has 0 aromatic rings. The maximum Gasteiger partial charge on any atom is 0.224 e. The Morgan fingerprint density at radius 1 is 1.38 bits per heavy atom. The molecule has 16 heavy (non-hydrogen) atoms. The monoisotopic (exact) mass is 250 g/mol. The average Bonchev–Trinajstić information content (AvgIpc) is 2.12. The Labute approximate surface area is 97.9 Å². The summed E-state index contributed by atoms with van der Waals surface area (Å²) in [5, 5.41) is 5.55. The lowest BCUT2D eigenvalue weighted by Gasteiger charge is -2.23. The van der Waals surface area contributed by atoms with E-state index in [4.69, 9.17) is 0 Å². The predicted octanol–water partition coefficient (Wildman–Crippen LogP) is -0.219. The topological polar surface area (TPSA) is 75.3 Å². The van der Waals surface area contributed by atoms with Gasteiger partial charge in [-0.15, -0.1) is 0 Å². The quantitative estimate of drug-likeness (QED) is 0.683. The fourth-order valence-corrected chi connectivity index (χ4v) is 1.34. The van der Waals surface area contributed by atoms with Crippen LogP contribution in [-0.4, -0.2) is 45.5 Å². The van der Waals surface area contributed by atoms with Gasteiger partial charge in [0.2, 0.25) is 5.91 Å². The molecule has 0 saturated carbocycles. The first-order chi connectivity index (χ1) is 7.12. The largest absolute Gasteiger partial charge is 0.354 e. The van der Waals surface area contributed by atoms with E-state index in [0.29, 0.717) is 6.54 Å². The highest BCUT2D eigenvalue weighted by Crippen LogP contribution is 2.13. The molecule has 0 rings (SSSR count). The van der Waals surface area contributed by atoms with Crippen LogP contribution < -0.4 is 10.6 Å². The summed E-state index contributed by atoms with van der Waals surface area (Å²) in [4.78, 5) is 11.6. The minimum absolute atomic E-state index is 0.133. The van der Waals surface area contributed by atoms with Crippen LogP contribution in [-0.2, 0) is 14.6 Å². The van der Waals surface area contributed by atoms with Gasteiger partial charge in [-0.1, -0.05) is 6.92 Å². The smallest absolute Gasteiger partial charge is 0.224 e. The standard InChI is InChI=1S/C10H22N2O3S/c1-8(6-11-4)9(13)12-7-10(2,3)16(5,14)15/h8,11H,6-7H2,1-5H3,(H,12,13). The molecule has 0 aromatic carbocycles. The minimum Gasteiger partial charge on any atom is -0.354 e. The SMILES string of the molecule is CNCC(C)C(=O)NCC(C)(C)S(C)(=O)=O. The van der Waals surface area contributed by atoms with Crippen molar-refractivity contribution in [3.05, 3.63) is 0 Å². The Morgan fingerprint density at radius 3 is 2.25 bits per heavy atom. The van der Waals surface area contributed by atoms with E-state index in [-0.39, 0.29) is 18.4 Å². The van der Waals surface area contributed by atoms with E-state index >= 15 is 0 Å². The van der Waals surface area contributed by atoms with E-state index < -0.39 is 14.6 Å². The molecule has 0 aliphatic heterocycles. The molecule has 0 saturated heterocycles. The lowest BCUT2D eigenvalue weighted by molar-refractivity contribution is -0.124. The summed E-state index contributed by atoms with van der Waals surface area (Å²) in [6.45, 7) is 5.71. The molecule has 0 spiro atoms. The third-order valence-electron chi connectivity index (χ3n) is 2.65. The Balaban J connectivity index is 4.31. The van der Waals surface area contributed by atoms with Gasteiger partial charge in [0.25, 0.3) is 0 Å².